The second kappa shape index (κ2) is 16.1. The minimum Gasteiger partial charge on any atom is -0.309 e. The summed E-state index contributed by atoms with van der Waals surface area (Å²) in [7, 11) is -4.36. The lowest BCUT2D eigenvalue weighted by atomic mass is 9.91. The summed E-state index contributed by atoms with van der Waals surface area (Å²) in [5.74, 6) is 0. The molecule has 12 aromatic carbocycles. The second-order valence-corrected chi connectivity index (χ2v) is 29.3. The van der Waals surface area contributed by atoms with Crippen LogP contribution in [0.5, 0.6) is 0 Å². The Morgan fingerprint density at radius 2 is 0.583 bits per heavy atom. The molecule has 0 unspecified atom stereocenters. The molecule has 0 fully saturated rings. The van der Waals surface area contributed by atoms with E-state index in [9.17, 15) is 0 Å². The van der Waals surface area contributed by atoms with Crippen LogP contribution < -0.4 is 30.5 Å². The third-order valence-electron chi connectivity index (χ3n) is 16.2. The summed E-state index contributed by atoms with van der Waals surface area (Å²) in [4.78, 5) is 5.24. The third-order valence-corrected chi connectivity index (χ3v) is 23.3. The van der Waals surface area contributed by atoms with Gasteiger partial charge < -0.3 is 9.80 Å². The van der Waals surface area contributed by atoms with Crippen molar-refractivity contribution in [3.8, 4) is 44.5 Å². The number of hydrogen-bond donors (Lipinski definition) is 0. The van der Waals surface area contributed by atoms with Crippen LogP contribution in [-0.4, -0.2) is 16.1 Å². The molecule has 72 heavy (non-hydrogen) atoms. The molecular weight excluding hydrogens is 901 g/mol. The molecule has 0 N–H and O–H groups in total. The molecule has 2 aliphatic rings. The van der Waals surface area contributed by atoms with Crippen LogP contribution in [0.3, 0.4) is 0 Å². The van der Waals surface area contributed by atoms with Crippen molar-refractivity contribution in [3.63, 3.8) is 0 Å². The maximum absolute atomic E-state index is 2.62. The molecule has 14 rings (SSSR count). The van der Waals surface area contributed by atoms with Crippen molar-refractivity contribution in [2.45, 2.75) is 26.2 Å². The Kier molecular flexibility index (Phi) is 9.54. The van der Waals surface area contributed by atoms with Crippen LogP contribution in [-0.2, 0) is 0 Å². The molecule has 12 aromatic rings. The highest BCUT2D eigenvalue weighted by atomic mass is 28.3. The Hall–Kier alpha value is -8.29. The van der Waals surface area contributed by atoms with Gasteiger partial charge in [0.2, 0.25) is 0 Å². The predicted molar refractivity (Wildman–Crippen MR) is 315 cm³/mol. The van der Waals surface area contributed by atoms with Crippen molar-refractivity contribution in [2.75, 3.05) is 9.80 Å². The first-order chi connectivity index (χ1) is 35.3. The highest BCUT2D eigenvalue weighted by Gasteiger charge is 2.42. The molecule has 2 aliphatic heterocycles. The average Bonchev–Trinajstić information content (AvgIpc) is 3.82. The van der Waals surface area contributed by atoms with Crippen molar-refractivity contribution in [1.82, 2.24) is 0 Å². The van der Waals surface area contributed by atoms with Crippen molar-refractivity contribution in [1.29, 1.82) is 0 Å². The van der Waals surface area contributed by atoms with E-state index in [4.69, 9.17) is 0 Å². The normalized spacial score (nSPS) is 13.8. The van der Waals surface area contributed by atoms with Crippen LogP contribution in [0.4, 0.5) is 34.1 Å². The van der Waals surface area contributed by atoms with Gasteiger partial charge in [-0.15, -0.1) is 0 Å². The first-order valence-electron chi connectivity index (χ1n) is 25.4. The standard InChI is InChI=1S/C68H52N2Si2/c1-71(2)63-35-17-13-27-51(63)53-29-19-33-61(67(53)71)69(57-31-15-11-25-49(57)45-21-7-5-8-22-45)59-43-39-47-38-42-56-60(44-40-48-37-41-55(59)65(47)66(48)56)70(58-32-16-12-26-50(58)46-23-9-6-10-24-46)62-34-20-30-54-52-28-14-18-36-64(52)72(3,4)68(54)62/h5-44H,1-4H3. The summed E-state index contributed by atoms with van der Waals surface area (Å²) in [6.45, 7) is 10.2. The smallest absolute Gasteiger partial charge is 0.116 e. The zero-order chi connectivity index (χ0) is 48.3. The summed E-state index contributed by atoms with van der Waals surface area (Å²) in [5, 5.41) is 13.5. The van der Waals surface area contributed by atoms with E-state index in [1.54, 1.807) is 0 Å². The van der Waals surface area contributed by atoms with E-state index < -0.39 is 16.1 Å². The molecule has 0 saturated heterocycles. The molecule has 0 bridgehead atoms. The molecule has 342 valence electrons. The van der Waals surface area contributed by atoms with Crippen molar-refractivity contribution < 1.29 is 0 Å². The highest BCUT2D eigenvalue weighted by molar-refractivity contribution is 7.05. The number of benzene rings is 12. The summed E-state index contributed by atoms with van der Waals surface area (Å²) in [5.41, 5.74) is 17.5. The number of anilines is 6. The Balaban J connectivity index is 1.06. The Bertz CT molecular complexity index is 3850. The fourth-order valence-electron chi connectivity index (χ4n) is 13.0. The SMILES string of the molecule is C[Si]1(C)c2ccccc2-c2cccc(N(c3ccccc3-c3ccccc3)c3ccc4ccc5c(N(c6ccccc6-c6ccccc6)c6cccc7c6[Si](C)(C)c6ccccc6-7)ccc6ccc3c4c65)c21. The number of nitrogens with zero attached hydrogens (tertiary/aromatic N) is 2. The minimum atomic E-state index is -2.18. The van der Waals surface area contributed by atoms with Gasteiger partial charge in [0.1, 0.15) is 16.1 Å². The van der Waals surface area contributed by atoms with Gasteiger partial charge in [-0.25, -0.2) is 0 Å². The van der Waals surface area contributed by atoms with Crippen LogP contribution in [0.25, 0.3) is 76.8 Å². The first kappa shape index (κ1) is 42.6. The van der Waals surface area contributed by atoms with Gasteiger partial charge in [0.15, 0.2) is 0 Å². The maximum atomic E-state index is 2.62. The van der Waals surface area contributed by atoms with Crippen LogP contribution in [0.15, 0.2) is 243 Å². The van der Waals surface area contributed by atoms with Crippen LogP contribution in [0.2, 0.25) is 26.2 Å². The topological polar surface area (TPSA) is 6.48 Å². The van der Waals surface area contributed by atoms with Crippen LogP contribution in [0.1, 0.15) is 0 Å². The van der Waals surface area contributed by atoms with Gasteiger partial charge in [0.05, 0.1) is 22.7 Å². The first-order valence-corrected chi connectivity index (χ1v) is 31.4. The fourth-order valence-corrected chi connectivity index (χ4v) is 19.8. The molecule has 0 atom stereocenters. The second-order valence-electron chi connectivity index (χ2n) is 20.8. The monoisotopic (exact) mass is 952 g/mol. The predicted octanol–water partition coefficient (Wildman–Crippen LogP) is 16.5. The van der Waals surface area contributed by atoms with Gasteiger partial charge >= 0.3 is 0 Å². The van der Waals surface area contributed by atoms with E-state index in [1.807, 2.05) is 0 Å². The van der Waals surface area contributed by atoms with Crippen LogP contribution >= 0.6 is 0 Å². The summed E-state index contributed by atoms with van der Waals surface area (Å²) < 4.78 is 0. The lowest BCUT2D eigenvalue weighted by Crippen LogP contribution is -2.50. The fraction of sp³-hybridized carbons (Fsp3) is 0.0588. The van der Waals surface area contributed by atoms with Crippen molar-refractivity contribution in [2.24, 2.45) is 0 Å². The molecule has 0 amide bonds. The van der Waals surface area contributed by atoms with E-state index in [-0.39, 0.29) is 0 Å². The number of fused-ring (bicyclic) bond motifs is 6. The van der Waals surface area contributed by atoms with Gasteiger partial charge in [0.25, 0.3) is 0 Å². The molecule has 0 aromatic heterocycles. The summed E-state index contributed by atoms with van der Waals surface area (Å²) in [6, 6.07) is 91.3. The largest absolute Gasteiger partial charge is 0.309 e. The minimum absolute atomic E-state index is 1.17. The van der Waals surface area contributed by atoms with Gasteiger partial charge in [-0.2, -0.15) is 0 Å². The Morgan fingerprint density at radius 3 is 1.01 bits per heavy atom. The number of hydrogen-bond acceptors (Lipinski definition) is 2. The molecule has 2 heterocycles. The van der Waals surface area contributed by atoms with E-state index >= 15 is 0 Å². The maximum Gasteiger partial charge on any atom is 0.116 e. The van der Waals surface area contributed by atoms with E-state index in [0.717, 1.165) is 0 Å². The quantitative estimate of drug-likeness (QED) is 0.111. The van der Waals surface area contributed by atoms with E-state index in [0.29, 0.717) is 0 Å². The molecule has 0 radical (unpaired) electrons. The van der Waals surface area contributed by atoms with Gasteiger partial charge in [0, 0.05) is 33.3 Å². The zero-order valence-electron chi connectivity index (χ0n) is 41.0. The average molecular weight is 953 g/mol. The molecule has 4 heteroatoms. The Morgan fingerprint density at radius 1 is 0.250 bits per heavy atom. The van der Waals surface area contributed by atoms with Crippen LogP contribution in [0, 0.1) is 0 Å². The summed E-state index contributed by atoms with van der Waals surface area (Å²) in [6.07, 6.45) is 0. The Labute approximate surface area is 424 Å². The lowest BCUT2D eigenvalue weighted by Gasteiger charge is -2.34. The van der Waals surface area contributed by atoms with Crippen molar-refractivity contribution >= 4 is 103 Å². The molecule has 0 spiro atoms. The lowest BCUT2D eigenvalue weighted by molar-refractivity contribution is 1.31. The molecular formula is C68H52N2Si2. The highest BCUT2D eigenvalue weighted by Crippen LogP contribution is 2.51. The number of para-hydroxylation sites is 2. The molecule has 0 saturated carbocycles. The zero-order valence-corrected chi connectivity index (χ0v) is 43.0. The van der Waals surface area contributed by atoms with E-state index in [2.05, 4.69) is 279 Å². The number of rotatable bonds is 8. The molecule has 0 aliphatic carbocycles. The molecule has 2 nitrogen and oxygen atoms in total. The van der Waals surface area contributed by atoms with Gasteiger partial charge in [-0.3, -0.25) is 0 Å². The van der Waals surface area contributed by atoms with Gasteiger partial charge in [-0.1, -0.05) is 232 Å². The summed E-state index contributed by atoms with van der Waals surface area (Å²) >= 11 is 0. The van der Waals surface area contributed by atoms with Gasteiger partial charge in [-0.05, 0) is 112 Å². The third kappa shape index (κ3) is 6.19. The van der Waals surface area contributed by atoms with Crippen molar-refractivity contribution in [3.05, 3.63) is 243 Å². The van der Waals surface area contributed by atoms with E-state index in [1.165, 1.54) is 132 Å².